The van der Waals surface area contributed by atoms with E-state index in [4.69, 9.17) is 5.11 Å². The number of rotatable bonds is 7. The molecule has 1 unspecified atom stereocenters. The first-order valence-electron chi connectivity index (χ1n) is 9.81. The highest BCUT2D eigenvalue weighted by Crippen LogP contribution is 2.34. The smallest absolute Gasteiger partial charge is 0.404 e. The number of amides is 1. The summed E-state index contributed by atoms with van der Waals surface area (Å²) < 4.78 is 83.0. The predicted octanol–water partition coefficient (Wildman–Crippen LogP) is 3.88. The van der Waals surface area contributed by atoms with E-state index in [1.54, 1.807) is 20.8 Å². The first kappa shape index (κ1) is 25.2. The standard InChI is InChI=1S/C20H21F4N5O4S/c1-20(2,3)14(27-19(30)31)7-11-9-29(16(15(11)21)13-5-4-6-25-17(13)22)34(32,33)12-8-26-28(10-12)18(23)24/h4-6,8-10,14,18,27H,7H2,1-3H3,(H,30,31). The summed E-state index contributed by atoms with van der Waals surface area (Å²) in [5, 5.41) is 14.7. The van der Waals surface area contributed by atoms with E-state index < -0.39 is 62.0 Å². The van der Waals surface area contributed by atoms with E-state index in [-0.39, 0.29) is 16.7 Å². The Labute approximate surface area is 192 Å². The Bertz CT molecular complexity index is 1310. The fourth-order valence-corrected chi connectivity index (χ4v) is 4.59. The lowest BCUT2D eigenvalue weighted by Gasteiger charge is -2.30. The molecule has 0 aliphatic carbocycles. The monoisotopic (exact) mass is 503 g/mol. The Morgan fingerprint density at radius 2 is 1.91 bits per heavy atom. The maximum absolute atomic E-state index is 15.6. The summed E-state index contributed by atoms with van der Waals surface area (Å²) in [6, 6.07) is 1.52. The van der Waals surface area contributed by atoms with E-state index in [1.807, 2.05) is 0 Å². The number of nitrogens with zero attached hydrogens (tertiary/aromatic N) is 4. The Hall–Kier alpha value is -3.42. The molecule has 0 bridgehead atoms. The minimum absolute atomic E-state index is 0.102. The van der Waals surface area contributed by atoms with E-state index >= 15 is 4.39 Å². The molecule has 9 nitrogen and oxygen atoms in total. The number of nitrogens with one attached hydrogen (secondary N) is 1. The molecule has 0 saturated carbocycles. The number of pyridine rings is 1. The van der Waals surface area contributed by atoms with Gasteiger partial charge in [0.1, 0.15) is 10.6 Å². The van der Waals surface area contributed by atoms with Gasteiger partial charge in [-0.15, -0.1) is 0 Å². The molecule has 184 valence electrons. The van der Waals surface area contributed by atoms with Crippen molar-refractivity contribution in [3.05, 3.63) is 54.2 Å². The molecule has 0 spiro atoms. The van der Waals surface area contributed by atoms with Gasteiger partial charge in [0.25, 0.3) is 10.0 Å². The van der Waals surface area contributed by atoms with E-state index in [0.29, 0.717) is 16.4 Å². The van der Waals surface area contributed by atoms with Crippen LogP contribution in [0.15, 0.2) is 41.8 Å². The first-order chi connectivity index (χ1) is 15.7. The van der Waals surface area contributed by atoms with Crippen LogP contribution in [0.2, 0.25) is 0 Å². The van der Waals surface area contributed by atoms with Crippen LogP contribution < -0.4 is 5.32 Å². The molecule has 1 atom stereocenters. The van der Waals surface area contributed by atoms with E-state index in [2.05, 4.69) is 15.4 Å². The van der Waals surface area contributed by atoms with Crippen molar-refractivity contribution in [2.45, 2.75) is 44.7 Å². The summed E-state index contributed by atoms with van der Waals surface area (Å²) in [4.78, 5) is 14.0. The molecule has 3 heterocycles. The Morgan fingerprint density at radius 1 is 1.24 bits per heavy atom. The van der Waals surface area contributed by atoms with Gasteiger partial charge in [-0.2, -0.15) is 18.3 Å². The molecule has 0 aromatic carbocycles. The van der Waals surface area contributed by atoms with Crippen molar-refractivity contribution in [1.29, 1.82) is 0 Å². The fourth-order valence-electron chi connectivity index (χ4n) is 3.26. The number of carboxylic acid groups (broad SMARTS) is 1. The second-order valence-electron chi connectivity index (χ2n) is 8.47. The maximum atomic E-state index is 15.6. The summed E-state index contributed by atoms with van der Waals surface area (Å²) in [7, 11) is -4.71. The lowest BCUT2D eigenvalue weighted by molar-refractivity contribution is 0.0563. The lowest BCUT2D eigenvalue weighted by Crippen LogP contribution is -2.44. The highest BCUT2D eigenvalue weighted by molar-refractivity contribution is 7.90. The second kappa shape index (κ2) is 9.08. The van der Waals surface area contributed by atoms with Crippen molar-refractivity contribution in [3.8, 4) is 11.3 Å². The Kier molecular flexibility index (Phi) is 6.73. The van der Waals surface area contributed by atoms with Crippen LogP contribution >= 0.6 is 0 Å². The van der Waals surface area contributed by atoms with Crippen molar-refractivity contribution in [3.63, 3.8) is 0 Å². The van der Waals surface area contributed by atoms with Crippen LogP contribution in [0.5, 0.6) is 0 Å². The molecule has 34 heavy (non-hydrogen) atoms. The molecule has 0 fully saturated rings. The molecule has 0 aliphatic heterocycles. The van der Waals surface area contributed by atoms with Crippen LogP contribution in [0, 0.1) is 17.2 Å². The fraction of sp³-hybridized carbons (Fsp3) is 0.350. The van der Waals surface area contributed by atoms with Crippen LogP contribution in [-0.2, 0) is 16.4 Å². The summed E-state index contributed by atoms with van der Waals surface area (Å²) in [5.74, 6) is -2.29. The van der Waals surface area contributed by atoms with Gasteiger partial charge < -0.3 is 10.4 Å². The van der Waals surface area contributed by atoms with Gasteiger partial charge in [-0.25, -0.2) is 31.2 Å². The highest BCUT2D eigenvalue weighted by atomic mass is 32.2. The van der Waals surface area contributed by atoms with Crippen LogP contribution in [0.25, 0.3) is 11.3 Å². The topological polar surface area (TPSA) is 119 Å². The summed E-state index contributed by atoms with van der Waals surface area (Å²) in [6.07, 6.45) is 1.52. The minimum Gasteiger partial charge on any atom is -0.465 e. The quantitative estimate of drug-likeness (QED) is 0.373. The zero-order valence-electron chi connectivity index (χ0n) is 18.2. The van der Waals surface area contributed by atoms with Gasteiger partial charge in [-0.3, -0.25) is 0 Å². The number of hydrogen-bond donors (Lipinski definition) is 2. The molecule has 0 aliphatic rings. The van der Waals surface area contributed by atoms with Crippen molar-refractivity contribution < 1.29 is 35.9 Å². The molecule has 0 saturated heterocycles. The van der Waals surface area contributed by atoms with Crippen molar-refractivity contribution >= 4 is 16.1 Å². The van der Waals surface area contributed by atoms with Gasteiger partial charge in [0.15, 0.2) is 5.82 Å². The maximum Gasteiger partial charge on any atom is 0.404 e. The third kappa shape index (κ3) is 4.90. The van der Waals surface area contributed by atoms with Crippen LogP contribution in [0.4, 0.5) is 22.4 Å². The van der Waals surface area contributed by atoms with Crippen LogP contribution in [0.1, 0.15) is 32.9 Å². The zero-order chi connectivity index (χ0) is 25.4. The predicted molar refractivity (Wildman–Crippen MR) is 112 cm³/mol. The third-order valence-electron chi connectivity index (χ3n) is 5.10. The number of halogens is 4. The average Bonchev–Trinajstić information content (AvgIpc) is 3.34. The number of carbonyl (C=O) groups is 1. The largest absolute Gasteiger partial charge is 0.465 e. The Morgan fingerprint density at radius 3 is 2.44 bits per heavy atom. The molecule has 0 radical (unpaired) electrons. The minimum atomic E-state index is -4.71. The molecule has 3 rings (SSSR count). The number of hydrogen-bond acceptors (Lipinski definition) is 5. The van der Waals surface area contributed by atoms with Gasteiger partial charge in [-0.1, -0.05) is 20.8 Å². The second-order valence-corrected chi connectivity index (χ2v) is 10.3. The molecular weight excluding hydrogens is 482 g/mol. The van der Waals surface area contributed by atoms with E-state index in [0.717, 1.165) is 18.5 Å². The van der Waals surface area contributed by atoms with Gasteiger partial charge in [0.2, 0.25) is 5.95 Å². The van der Waals surface area contributed by atoms with Gasteiger partial charge >= 0.3 is 12.6 Å². The normalized spacial score (nSPS) is 13.3. The van der Waals surface area contributed by atoms with Gasteiger partial charge in [-0.05, 0) is 24.0 Å². The highest BCUT2D eigenvalue weighted by Gasteiger charge is 2.33. The van der Waals surface area contributed by atoms with Crippen molar-refractivity contribution in [1.82, 2.24) is 24.1 Å². The van der Waals surface area contributed by atoms with Crippen LogP contribution in [0.3, 0.4) is 0 Å². The molecule has 3 aromatic rings. The SMILES string of the molecule is CC(C)(C)C(Cc1cn(S(=O)(=O)c2cnn(C(F)F)c2)c(-c2cccnc2F)c1F)NC(=O)O. The number of aromatic nitrogens is 4. The molecule has 2 N–H and O–H groups in total. The summed E-state index contributed by atoms with van der Waals surface area (Å²) >= 11 is 0. The van der Waals surface area contributed by atoms with Gasteiger partial charge in [0, 0.05) is 24.0 Å². The molecule has 14 heteroatoms. The summed E-state index contributed by atoms with van der Waals surface area (Å²) in [5.41, 5.74) is -2.15. The molecular formula is C20H21F4N5O4S. The molecule has 3 aromatic heterocycles. The summed E-state index contributed by atoms with van der Waals surface area (Å²) in [6.45, 7) is 1.96. The van der Waals surface area contributed by atoms with Gasteiger partial charge in [0.05, 0.1) is 18.0 Å². The Balaban J connectivity index is 2.22. The van der Waals surface area contributed by atoms with Crippen molar-refractivity contribution in [2.75, 3.05) is 0 Å². The van der Waals surface area contributed by atoms with Crippen molar-refractivity contribution in [2.24, 2.45) is 5.41 Å². The molecule has 1 amide bonds. The number of alkyl halides is 2. The third-order valence-corrected chi connectivity index (χ3v) is 6.71. The lowest BCUT2D eigenvalue weighted by atomic mass is 9.83. The average molecular weight is 503 g/mol. The first-order valence-corrected chi connectivity index (χ1v) is 11.3. The van der Waals surface area contributed by atoms with E-state index in [9.17, 15) is 26.4 Å². The van der Waals surface area contributed by atoms with Crippen LogP contribution in [-0.4, -0.2) is 44.4 Å². The zero-order valence-corrected chi connectivity index (χ0v) is 19.0. The van der Waals surface area contributed by atoms with E-state index in [1.165, 1.54) is 6.07 Å².